The number of hydrogen-bond acceptors (Lipinski definition) is 3. The zero-order valence-corrected chi connectivity index (χ0v) is 12.7. The van der Waals surface area contributed by atoms with Crippen molar-refractivity contribution in [2.45, 2.75) is 26.8 Å². The van der Waals surface area contributed by atoms with Gasteiger partial charge in [-0.15, -0.1) is 0 Å². The Hall–Kier alpha value is -1.00. The molecule has 1 amide bonds. The fraction of sp³-hybridized carbons (Fsp3) is 0.533. The fourth-order valence-corrected chi connectivity index (χ4v) is 2.73. The SMILES string of the molecule is CC(CO)CSCC(=O)N(c1ccccc1)C(C)C. The lowest BCUT2D eigenvalue weighted by atomic mass is 10.2. The molecule has 1 unspecified atom stereocenters. The van der Waals surface area contributed by atoms with E-state index in [1.165, 1.54) is 0 Å². The third kappa shape index (κ3) is 5.25. The maximum atomic E-state index is 12.3. The average molecular weight is 281 g/mol. The molecule has 1 aromatic rings. The van der Waals surface area contributed by atoms with Crippen LogP contribution in [0.3, 0.4) is 0 Å². The average Bonchev–Trinajstić information content (AvgIpc) is 2.39. The number of aliphatic hydroxyl groups is 1. The number of nitrogens with zero attached hydrogens (tertiary/aromatic N) is 1. The number of para-hydroxylation sites is 1. The molecule has 1 N–H and O–H groups in total. The summed E-state index contributed by atoms with van der Waals surface area (Å²) in [4.78, 5) is 14.1. The highest BCUT2D eigenvalue weighted by Gasteiger charge is 2.18. The lowest BCUT2D eigenvalue weighted by Gasteiger charge is -2.27. The summed E-state index contributed by atoms with van der Waals surface area (Å²) in [6, 6.07) is 9.89. The van der Waals surface area contributed by atoms with Gasteiger partial charge in [0.25, 0.3) is 0 Å². The number of aliphatic hydroxyl groups excluding tert-OH is 1. The Labute approximate surface area is 120 Å². The molecular weight excluding hydrogens is 258 g/mol. The van der Waals surface area contributed by atoms with Crippen LogP contribution in [0.1, 0.15) is 20.8 Å². The molecule has 1 aromatic carbocycles. The number of thioether (sulfide) groups is 1. The fourth-order valence-electron chi connectivity index (χ4n) is 1.79. The van der Waals surface area contributed by atoms with Crippen LogP contribution in [0.15, 0.2) is 30.3 Å². The second kappa shape index (κ2) is 8.23. The molecule has 1 atom stereocenters. The molecule has 0 saturated carbocycles. The first-order valence-corrected chi connectivity index (χ1v) is 7.77. The summed E-state index contributed by atoms with van der Waals surface area (Å²) in [5.41, 5.74) is 0.943. The van der Waals surface area contributed by atoms with Gasteiger partial charge in [-0.2, -0.15) is 11.8 Å². The molecule has 0 aliphatic rings. The van der Waals surface area contributed by atoms with Gasteiger partial charge in [-0.25, -0.2) is 0 Å². The molecule has 106 valence electrons. The van der Waals surface area contributed by atoms with Gasteiger partial charge in [-0.05, 0) is 37.7 Å². The van der Waals surface area contributed by atoms with Crippen molar-refractivity contribution < 1.29 is 9.90 Å². The van der Waals surface area contributed by atoms with Crippen molar-refractivity contribution in [1.82, 2.24) is 0 Å². The minimum atomic E-state index is 0.122. The van der Waals surface area contributed by atoms with Crippen molar-refractivity contribution in [3.8, 4) is 0 Å². The van der Waals surface area contributed by atoms with E-state index in [-0.39, 0.29) is 24.5 Å². The quantitative estimate of drug-likeness (QED) is 0.835. The van der Waals surface area contributed by atoms with Crippen molar-refractivity contribution >= 4 is 23.4 Å². The number of anilines is 1. The maximum absolute atomic E-state index is 12.3. The molecule has 0 saturated heterocycles. The van der Waals surface area contributed by atoms with E-state index in [1.807, 2.05) is 56.0 Å². The van der Waals surface area contributed by atoms with Gasteiger partial charge in [0.2, 0.25) is 5.91 Å². The zero-order chi connectivity index (χ0) is 14.3. The highest BCUT2D eigenvalue weighted by molar-refractivity contribution is 7.99. The lowest BCUT2D eigenvalue weighted by molar-refractivity contribution is -0.116. The molecule has 0 aliphatic heterocycles. The van der Waals surface area contributed by atoms with Crippen molar-refractivity contribution in [2.24, 2.45) is 5.92 Å². The van der Waals surface area contributed by atoms with Gasteiger partial charge in [0, 0.05) is 18.3 Å². The highest BCUT2D eigenvalue weighted by Crippen LogP contribution is 2.18. The smallest absolute Gasteiger partial charge is 0.237 e. The van der Waals surface area contributed by atoms with E-state index in [1.54, 1.807) is 11.8 Å². The molecule has 3 nitrogen and oxygen atoms in total. The standard InChI is InChI=1S/C15H23NO2S/c1-12(2)16(14-7-5-4-6-8-14)15(18)11-19-10-13(3)9-17/h4-8,12-13,17H,9-11H2,1-3H3. The highest BCUT2D eigenvalue weighted by atomic mass is 32.2. The molecule has 0 aliphatic carbocycles. The van der Waals surface area contributed by atoms with E-state index in [0.717, 1.165) is 11.4 Å². The number of hydrogen-bond donors (Lipinski definition) is 1. The van der Waals surface area contributed by atoms with E-state index in [0.29, 0.717) is 5.75 Å². The van der Waals surface area contributed by atoms with E-state index >= 15 is 0 Å². The summed E-state index contributed by atoms with van der Waals surface area (Å²) in [7, 11) is 0. The van der Waals surface area contributed by atoms with Gasteiger partial charge in [0.05, 0.1) is 5.75 Å². The summed E-state index contributed by atoms with van der Waals surface area (Å²) in [6.07, 6.45) is 0. The Morgan fingerprint density at radius 3 is 2.42 bits per heavy atom. The van der Waals surface area contributed by atoms with Crippen LogP contribution in [-0.4, -0.2) is 35.2 Å². The van der Waals surface area contributed by atoms with Gasteiger partial charge >= 0.3 is 0 Å². The summed E-state index contributed by atoms with van der Waals surface area (Å²) in [6.45, 7) is 6.19. The molecule has 0 fully saturated rings. The number of amides is 1. The zero-order valence-electron chi connectivity index (χ0n) is 11.9. The van der Waals surface area contributed by atoms with Crippen molar-refractivity contribution in [3.63, 3.8) is 0 Å². The van der Waals surface area contributed by atoms with Crippen molar-refractivity contribution in [2.75, 3.05) is 23.0 Å². The first-order valence-electron chi connectivity index (χ1n) is 6.62. The van der Waals surface area contributed by atoms with E-state index in [4.69, 9.17) is 5.11 Å². The molecule has 0 bridgehead atoms. The van der Waals surface area contributed by atoms with Crippen LogP contribution in [0, 0.1) is 5.92 Å². The first kappa shape index (κ1) is 16.1. The minimum absolute atomic E-state index is 0.122. The molecule has 1 rings (SSSR count). The van der Waals surface area contributed by atoms with E-state index in [9.17, 15) is 4.79 Å². The molecule has 4 heteroatoms. The Bertz CT molecular complexity index is 381. The summed E-state index contributed by atoms with van der Waals surface area (Å²) in [5, 5.41) is 8.97. The second-order valence-corrected chi connectivity index (χ2v) is 6.03. The van der Waals surface area contributed by atoms with Crippen LogP contribution in [0.4, 0.5) is 5.69 Å². The minimum Gasteiger partial charge on any atom is -0.396 e. The maximum Gasteiger partial charge on any atom is 0.237 e. The molecule has 0 spiro atoms. The van der Waals surface area contributed by atoms with Gasteiger partial charge < -0.3 is 10.0 Å². The topological polar surface area (TPSA) is 40.5 Å². The number of carbonyl (C=O) groups is 1. The molecule has 0 heterocycles. The van der Waals surface area contributed by atoms with Crippen LogP contribution in [0.5, 0.6) is 0 Å². The Morgan fingerprint density at radius 2 is 1.89 bits per heavy atom. The number of carbonyl (C=O) groups excluding carboxylic acids is 1. The second-order valence-electron chi connectivity index (χ2n) is 5.00. The third-order valence-electron chi connectivity index (χ3n) is 2.76. The summed E-state index contributed by atoms with van der Waals surface area (Å²) >= 11 is 1.58. The number of rotatable bonds is 7. The van der Waals surface area contributed by atoms with E-state index < -0.39 is 0 Å². The van der Waals surface area contributed by atoms with Crippen LogP contribution in [0.2, 0.25) is 0 Å². The van der Waals surface area contributed by atoms with E-state index in [2.05, 4.69) is 0 Å². The largest absolute Gasteiger partial charge is 0.396 e. The van der Waals surface area contributed by atoms with Crippen LogP contribution >= 0.6 is 11.8 Å². The van der Waals surface area contributed by atoms with Crippen molar-refractivity contribution in [1.29, 1.82) is 0 Å². The van der Waals surface area contributed by atoms with Crippen molar-refractivity contribution in [3.05, 3.63) is 30.3 Å². The lowest BCUT2D eigenvalue weighted by Crippen LogP contribution is -2.38. The van der Waals surface area contributed by atoms with Gasteiger partial charge in [0.1, 0.15) is 0 Å². The van der Waals surface area contributed by atoms with Crippen LogP contribution in [0.25, 0.3) is 0 Å². The first-order chi connectivity index (χ1) is 9.06. The molecule has 0 radical (unpaired) electrons. The Kier molecular flexibility index (Phi) is 6.95. The van der Waals surface area contributed by atoms with Crippen LogP contribution < -0.4 is 4.90 Å². The van der Waals surface area contributed by atoms with Gasteiger partial charge in [0.15, 0.2) is 0 Å². The molecule has 19 heavy (non-hydrogen) atoms. The predicted molar refractivity (Wildman–Crippen MR) is 82.6 cm³/mol. The summed E-state index contributed by atoms with van der Waals surface area (Å²) < 4.78 is 0. The predicted octanol–water partition coefficient (Wildman–Crippen LogP) is 2.79. The molecule has 0 aromatic heterocycles. The summed E-state index contributed by atoms with van der Waals surface area (Å²) in [5.74, 6) is 1.62. The molecular formula is C15H23NO2S. The monoisotopic (exact) mass is 281 g/mol. The third-order valence-corrected chi connectivity index (χ3v) is 4.01. The Morgan fingerprint density at radius 1 is 1.26 bits per heavy atom. The van der Waals surface area contributed by atoms with Gasteiger partial charge in [-0.3, -0.25) is 4.79 Å². The van der Waals surface area contributed by atoms with Crippen LogP contribution in [-0.2, 0) is 4.79 Å². The number of benzene rings is 1. The normalized spacial score (nSPS) is 12.5. The Balaban J connectivity index is 2.60. The van der Waals surface area contributed by atoms with Gasteiger partial charge in [-0.1, -0.05) is 25.1 Å².